The van der Waals surface area contributed by atoms with Gasteiger partial charge in [-0.3, -0.25) is 4.79 Å². The molecule has 10 nitrogen and oxygen atoms in total. The lowest BCUT2D eigenvalue weighted by Crippen LogP contribution is -2.49. The van der Waals surface area contributed by atoms with Crippen LogP contribution in [0.15, 0.2) is 72.8 Å². The summed E-state index contributed by atoms with van der Waals surface area (Å²) in [6.07, 6.45) is -2.44. The van der Waals surface area contributed by atoms with Gasteiger partial charge in [0.05, 0.1) is 44.3 Å². The number of benzene rings is 3. The number of alkyl halides is 3. The quantitative estimate of drug-likeness (QED) is 0.123. The predicted molar refractivity (Wildman–Crippen MR) is 201 cm³/mol. The Kier molecular flexibility index (Phi) is 11.9. The summed E-state index contributed by atoms with van der Waals surface area (Å²) >= 11 is 0. The van der Waals surface area contributed by atoms with E-state index in [1.807, 2.05) is 0 Å². The van der Waals surface area contributed by atoms with E-state index in [9.17, 15) is 32.2 Å². The van der Waals surface area contributed by atoms with Gasteiger partial charge in [-0.05, 0) is 113 Å². The molecule has 15 heteroatoms. The molecule has 5 rings (SSSR count). The first-order chi connectivity index (χ1) is 25.7. The largest absolute Gasteiger partial charge is 0.444 e. The number of nitrogens with one attached hydrogen (secondary N) is 3. The van der Waals surface area contributed by atoms with Gasteiger partial charge in [0.25, 0.3) is 5.91 Å². The van der Waals surface area contributed by atoms with Gasteiger partial charge in [-0.1, -0.05) is 43.2 Å². The van der Waals surface area contributed by atoms with Crippen molar-refractivity contribution in [2.75, 3.05) is 5.32 Å². The smallest absolute Gasteiger partial charge is 0.435 e. The highest BCUT2D eigenvalue weighted by Gasteiger charge is 2.41. The molecule has 4 aromatic rings. The third-order valence-electron chi connectivity index (χ3n) is 8.86. The number of nitriles is 1. The molecule has 3 aromatic carbocycles. The van der Waals surface area contributed by atoms with Gasteiger partial charge in [-0.15, -0.1) is 0 Å². The second kappa shape index (κ2) is 16.0. The molecule has 1 aromatic heterocycles. The highest BCUT2D eigenvalue weighted by Crippen LogP contribution is 2.43. The van der Waals surface area contributed by atoms with Crippen LogP contribution < -0.4 is 15.4 Å². The van der Waals surface area contributed by atoms with E-state index in [1.54, 1.807) is 71.9 Å². The number of anilines is 1. The molecule has 3 N–H and O–H groups in total. The van der Waals surface area contributed by atoms with Crippen molar-refractivity contribution in [3.05, 3.63) is 112 Å². The fourth-order valence-electron chi connectivity index (χ4n) is 5.85. The van der Waals surface area contributed by atoms with Crippen LogP contribution >= 0.6 is 0 Å². The molecule has 1 heterocycles. The van der Waals surface area contributed by atoms with Crippen molar-refractivity contribution in [1.82, 2.24) is 19.8 Å². The molecule has 0 aliphatic heterocycles. The Balaban J connectivity index is 1.55. The Bertz CT molecular complexity index is 2130. The van der Waals surface area contributed by atoms with Crippen molar-refractivity contribution in [3.63, 3.8) is 0 Å². The second-order valence-corrected chi connectivity index (χ2v) is 17.5. The number of alkyl carbamates (subject to hydrolysis) is 1. The molecule has 55 heavy (non-hydrogen) atoms. The average molecular weight is 781 g/mol. The minimum absolute atomic E-state index is 0.0382. The number of halogens is 4. The van der Waals surface area contributed by atoms with Gasteiger partial charge in [-0.25, -0.2) is 22.8 Å². The number of amides is 2. The predicted octanol–water partition coefficient (Wildman–Crippen LogP) is 8.66. The normalized spacial score (nSPS) is 15.1. The van der Waals surface area contributed by atoms with Crippen LogP contribution in [-0.2, 0) is 34.0 Å². The molecule has 2 amide bonds. The van der Waals surface area contributed by atoms with Crippen molar-refractivity contribution in [3.8, 4) is 11.8 Å². The number of carbonyl (C=O) groups is 2. The number of aromatic nitrogens is 2. The minimum atomic E-state index is -4.92. The molecule has 292 valence electrons. The second-order valence-electron chi connectivity index (χ2n) is 15.6. The lowest BCUT2D eigenvalue weighted by molar-refractivity contribution is -0.141. The lowest BCUT2D eigenvalue weighted by Gasteiger charge is -2.38. The van der Waals surface area contributed by atoms with E-state index in [1.165, 1.54) is 30.3 Å². The topological polar surface area (TPSA) is 138 Å². The van der Waals surface area contributed by atoms with E-state index in [2.05, 4.69) is 26.5 Å². The number of carbonyl (C=O) groups excluding carboxylic acids is 2. The third-order valence-corrected chi connectivity index (χ3v) is 10.5. The van der Waals surface area contributed by atoms with Gasteiger partial charge < -0.3 is 15.4 Å². The van der Waals surface area contributed by atoms with E-state index in [0.717, 1.165) is 30.0 Å². The first-order valence-electron chi connectivity index (χ1n) is 17.7. The van der Waals surface area contributed by atoms with Crippen molar-refractivity contribution in [2.24, 2.45) is 5.92 Å². The standard InChI is InChI=1S/C40H44F4N6O4S/c1-37(2,3)54-36(52)46-24-27-10-8-12-30(20-27)50-33(22-34(48-50)40(42,43)44)35(51)47-32-21-29(15-16-31(32)41)39(18-17-25-13-14-25,49-55(53)38(4,5)6)28-11-7-9-26(19-28)23-45/h7-12,15-16,19-22,25,49H,13-14,17-18,24H2,1-6H3,(H,46,52)(H,47,51). The molecular weight excluding hydrogens is 737 g/mol. The van der Waals surface area contributed by atoms with Crippen LogP contribution in [0.5, 0.6) is 0 Å². The van der Waals surface area contributed by atoms with Crippen LogP contribution in [-0.4, -0.2) is 36.3 Å². The number of hydrogen-bond donors (Lipinski definition) is 3. The summed E-state index contributed by atoms with van der Waals surface area (Å²) in [6, 6.07) is 19.6. The molecule has 1 aliphatic carbocycles. The Labute approximate surface area is 320 Å². The summed E-state index contributed by atoms with van der Waals surface area (Å²) in [7, 11) is -1.67. The maximum absolute atomic E-state index is 15.7. The molecule has 1 fully saturated rings. The van der Waals surface area contributed by atoms with Gasteiger partial charge in [0.2, 0.25) is 0 Å². The zero-order valence-corrected chi connectivity index (χ0v) is 32.3. The third kappa shape index (κ3) is 10.4. The summed E-state index contributed by atoms with van der Waals surface area (Å²) in [4.78, 5) is 26.1. The van der Waals surface area contributed by atoms with Crippen molar-refractivity contribution < 1.29 is 36.1 Å². The molecule has 0 spiro atoms. The van der Waals surface area contributed by atoms with E-state index in [4.69, 9.17) is 4.74 Å². The van der Waals surface area contributed by atoms with E-state index >= 15 is 4.39 Å². The van der Waals surface area contributed by atoms with E-state index < -0.39 is 62.3 Å². The monoisotopic (exact) mass is 780 g/mol. The van der Waals surface area contributed by atoms with Crippen LogP contribution in [0.1, 0.15) is 106 Å². The first-order valence-corrected chi connectivity index (χ1v) is 18.9. The van der Waals surface area contributed by atoms with Crippen LogP contribution in [0.3, 0.4) is 0 Å². The van der Waals surface area contributed by atoms with Gasteiger partial charge in [0.1, 0.15) is 17.1 Å². The highest BCUT2D eigenvalue weighted by atomic mass is 32.2. The fourth-order valence-corrected chi connectivity index (χ4v) is 6.82. The van der Waals surface area contributed by atoms with Crippen LogP contribution in [0.2, 0.25) is 0 Å². The van der Waals surface area contributed by atoms with Gasteiger partial charge in [0, 0.05) is 12.6 Å². The van der Waals surface area contributed by atoms with E-state index in [0.29, 0.717) is 40.7 Å². The Morgan fingerprint density at radius 1 is 0.964 bits per heavy atom. The van der Waals surface area contributed by atoms with Gasteiger partial charge >= 0.3 is 12.3 Å². The molecule has 2 atom stereocenters. The summed E-state index contributed by atoms with van der Waals surface area (Å²) in [5, 5.41) is 18.5. The minimum Gasteiger partial charge on any atom is -0.444 e. The van der Waals surface area contributed by atoms with Crippen molar-refractivity contribution in [1.29, 1.82) is 5.26 Å². The Morgan fingerprint density at radius 2 is 1.65 bits per heavy atom. The highest BCUT2D eigenvalue weighted by molar-refractivity contribution is 7.84. The lowest BCUT2D eigenvalue weighted by atomic mass is 9.79. The van der Waals surface area contributed by atoms with Gasteiger partial charge in [0.15, 0.2) is 5.69 Å². The van der Waals surface area contributed by atoms with Crippen LogP contribution in [0, 0.1) is 23.1 Å². The maximum atomic E-state index is 15.7. The van der Waals surface area contributed by atoms with Crippen LogP contribution in [0.4, 0.5) is 28.0 Å². The maximum Gasteiger partial charge on any atom is 0.435 e. The number of ether oxygens (including phenoxy) is 1. The molecule has 0 bridgehead atoms. The Hall–Kier alpha value is -5.07. The molecule has 1 saturated carbocycles. The number of nitrogens with zero attached hydrogens (tertiary/aromatic N) is 3. The first kappa shape index (κ1) is 41.1. The summed E-state index contributed by atoms with van der Waals surface area (Å²) in [5.41, 5.74) is -2.28. The average Bonchev–Trinajstić information content (AvgIpc) is 3.82. The SMILES string of the molecule is CC(C)(C)OC(=O)NCc1cccc(-n2nc(C(F)(F)F)cc2C(=O)Nc2cc(C(CCC3CC3)(NS(=O)C(C)(C)C)c3cccc(C#N)c3)ccc2F)c1. The van der Waals surface area contributed by atoms with Gasteiger partial charge in [-0.2, -0.15) is 23.5 Å². The van der Waals surface area contributed by atoms with Crippen LogP contribution in [0.25, 0.3) is 5.69 Å². The Morgan fingerprint density at radius 3 is 2.29 bits per heavy atom. The zero-order chi connectivity index (χ0) is 40.3. The molecule has 2 unspecified atom stereocenters. The molecule has 1 aliphatic rings. The summed E-state index contributed by atoms with van der Waals surface area (Å²) < 4.78 is 80.2. The summed E-state index contributed by atoms with van der Waals surface area (Å²) in [5.74, 6) is -1.52. The number of rotatable bonds is 12. The van der Waals surface area contributed by atoms with E-state index in [-0.39, 0.29) is 17.9 Å². The molecule has 0 radical (unpaired) electrons. The van der Waals surface area contributed by atoms with Crippen molar-refractivity contribution in [2.45, 2.75) is 95.8 Å². The molecule has 0 saturated heterocycles. The van der Waals surface area contributed by atoms with Crippen molar-refractivity contribution >= 4 is 28.7 Å². The zero-order valence-electron chi connectivity index (χ0n) is 31.4. The fraction of sp³-hybridized carbons (Fsp3) is 0.400. The molecular formula is C40H44F4N6O4S. The summed E-state index contributed by atoms with van der Waals surface area (Å²) in [6.45, 7) is 10.5. The number of hydrogen-bond acceptors (Lipinski definition) is 6.